The summed E-state index contributed by atoms with van der Waals surface area (Å²) in [5.74, 6) is 0. The molecule has 0 saturated heterocycles. The zero-order chi connectivity index (χ0) is 23.7. The first-order chi connectivity index (χ1) is 14.4. The Balaban J connectivity index is 0.000000234. The van der Waals surface area contributed by atoms with Gasteiger partial charge < -0.3 is 5.73 Å². The molecule has 0 atom stereocenters. The van der Waals surface area contributed by atoms with Crippen molar-refractivity contribution in [2.75, 3.05) is 5.73 Å². The fourth-order valence-corrected chi connectivity index (χ4v) is 2.23. The number of halogens is 4. The van der Waals surface area contributed by atoms with Gasteiger partial charge in [-0.1, -0.05) is 46.4 Å². The van der Waals surface area contributed by atoms with Gasteiger partial charge in [-0.3, -0.25) is 30.2 Å². The molecule has 3 rings (SSSR count). The van der Waals surface area contributed by atoms with E-state index in [-0.39, 0.29) is 21.6 Å². The maximum Gasteiger partial charge on any atom is 0.289 e. The summed E-state index contributed by atoms with van der Waals surface area (Å²) in [6, 6.07) is 4.12. The number of aryl methyl sites for hydroxylation is 2. The summed E-state index contributed by atoms with van der Waals surface area (Å²) in [5.41, 5.74) is 7.14. The lowest BCUT2D eigenvalue weighted by Gasteiger charge is -1.95. The van der Waals surface area contributed by atoms with Crippen molar-refractivity contribution in [1.29, 1.82) is 0 Å². The normalized spacial score (nSPS) is 9.61. The smallest absolute Gasteiger partial charge is 0.289 e. The molecule has 0 bridgehead atoms. The first kappa shape index (κ1) is 26.2. The van der Waals surface area contributed by atoms with Gasteiger partial charge in [-0.05, 0) is 19.9 Å². The third-order valence-corrected chi connectivity index (χ3v) is 4.71. The highest BCUT2D eigenvalue weighted by Crippen LogP contribution is 2.23. The van der Waals surface area contributed by atoms with Crippen LogP contribution in [0.15, 0.2) is 36.8 Å². The molecule has 14 heteroatoms. The quantitative estimate of drug-likeness (QED) is 0.256. The van der Waals surface area contributed by atoms with Gasteiger partial charge in [0, 0.05) is 12.1 Å². The van der Waals surface area contributed by atoms with E-state index in [1.807, 2.05) is 6.92 Å². The van der Waals surface area contributed by atoms with Crippen LogP contribution in [0.4, 0.5) is 17.1 Å². The van der Waals surface area contributed by atoms with Crippen molar-refractivity contribution >= 4 is 63.5 Å². The Morgan fingerprint density at radius 3 is 1.55 bits per heavy atom. The van der Waals surface area contributed by atoms with Crippen LogP contribution in [0.5, 0.6) is 0 Å². The topological polar surface area (TPSA) is 151 Å². The summed E-state index contributed by atoms with van der Waals surface area (Å²) in [7, 11) is 0. The molecule has 31 heavy (non-hydrogen) atoms. The highest BCUT2D eigenvalue weighted by molar-refractivity contribution is 6.41. The van der Waals surface area contributed by atoms with Crippen LogP contribution in [0.2, 0.25) is 20.2 Å². The van der Waals surface area contributed by atoms with Crippen LogP contribution in [0.25, 0.3) is 0 Å². The van der Waals surface area contributed by atoms with E-state index in [1.165, 1.54) is 12.3 Å². The Kier molecular flexibility index (Phi) is 10.3. The molecular formula is C17H14Cl4N6O4. The van der Waals surface area contributed by atoms with E-state index < -0.39 is 9.85 Å². The monoisotopic (exact) mass is 506 g/mol. The standard InChI is InChI=1S/C6H5ClN2O2.C6H7ClN2.C5H2Cl2N2O2/c1-4-6(7)2-5(3-8-4)9(10)11;1-4-6(7)2-5(8)3-9-4;6-4-1-3(9(10)11)2-8-5(4)7/h2-3H,1H3;2-3H,8H2,1H3;1-2H. The van der Waals surface area contributed by atoms with E-state index in [2.05, 4.69) is 15.0 Å². The lowest BCUT2D eigenvalue weighted by atomic mass is 10.3. The third kappa shape index (κ3) is 8.85. The molecule has 164 valence electrons. The Morgan fingerprint density at radius 2 is 1.16 bits per heavy atom. The molecule has 0 aliphatic carbocycles. The number of hydrogen-bond donors (Lipinski definition) is 1. The van der Waals surface area contributed by atoms with Crippen LogP contribution < -0.4 is 5.73 Å². The molecule has 3 aromatic heterocycles. The molecule has 3 heterocycles. The number of anilines is 1. The number of nitrogens with two attached hydrogens (primary N) is 1. The van der Waals surface area contributed by atoms with E-state index in [1.54, 1.807) is 19.2 Å². The number of aromatic nitrogens is 3. The Morgan fingerprint density at radius 1 is 0.742 bits per heavy atom. The number of nitrogen functional groups attached to an aromatic ring is 1. The van der Waals surface area contributed by atoms with Crippen molar-refractivity contribution in [2.24, 2.45) is 0 Å². The Bertz CT molecular complexity index is 1040. The summed E-state index contributed by atoms with van der Waals surface area (Å²) in [6.45, 7) is 3.52. The van der Waals surface area contributed by atoms with E-state index >= 15 is 0 Å². The van der Waals surface area contributed by atoms with Crippen molar-refractivity contribution in [3.05, 3.63) is 88.6 Å². The van der Waals surface area contributed by atoms with Crippen LogP contribution in [0, 0.1) is 34.1 Å². The fourth-order valence-electron chi connectivity index (χ4n) is 1.63. The molecular weight excluding hydrogens is 494 g/mol. The summed E-state index contributed by atoms with van der Waals surface area (Å²) in [6.07, 6.45) is 3.82. The maximum absolute atomic E-state index is 10.2. The van der Waals surface area contributed by atoms with Crippen LogP contribution in [-0.2, 0) is 0 Å². The van der Waals surface area contributed by atoms with E-state index in [9.17, 15) is 20.2 Å². The number of nitrogens with zero attached hydrogens (tertiary/aromatic N) is 5. The molecule has 0 aromatic carbocycles. The molecule has 0 spiro atoms. The lowest BCUT2D eigenvalue weighted by molar-refractivity contribution is -0.385. The second-order valence-corrected chi connectivity index (χ2v) is 7.16. The molecule has 10 nitrogen and oxygen atoms in total. The maximum atomic E-state index is 10.2. The lowest BCUT2D eigenvalue weighted by Crippen LogP contribution is -1.90. The molecule has 0 unspecified atom stereocenters. The second kappa shape index (κ2) is 12.2. The SMILES string of the molecule is Cc1ncc(N)cc1Cl.Cc1ncc([N+](=O)[O-])cc1Cl.O=[N+]([O-])c1cnc(Cl)c(Cl)c1. The van der Waals surface area contributed by atoms with Gasteiger partial charge in [0.2, 0.25) is 0 Å². The molecule has 0 saturated carbocycles. The van der Waals surface area contributed by atoms with Gasteiger partial charge in [0.05, 0.1) is 48.2 Å². The van der Waals surface area contributed by atoms with Gasteiger partial charge in [0.1, 0.15) is 17.5 Å². The van der Waals surface area contributed by atoms with E-state index in [4.69, 9.17) is 52.1 Å². The number of hydrogen-bond acceptors (Lipinski definition) is 8. The van der Waals surface area contributed by atoms with Crippen LogP contribution in [-0.4, -0.2) is 24.8 Å². The number of rotatable bonds is 2. The van der Waals surface area contributed by atoms with Crippen LogP contribution in [0.3, 0.4) is 0 Å². The van der Waals surface area contributed by atoms with Gasteiger partial charge in [-0.2, -0.15) is 0 Å². The first-order valence-corrected chi connectivity index (χ1v) is 9.53. The molecule has 0 aliphatic rings. The predicted molar refractivity (Wildman–Crippen MR) is 120 cm³/mol. The van der Waals surface area contributed by atoms with Crippen molar-refractivity contribution in [2.45, 2.75) is 13.8 Å². The molecule has 0 aliphatic heterocycles. The third-order valence-electron chi connectivity index (χ3n) is 3.26. The molecule has 2 N–H and O–H groups in total. The molecule has 0 fully saturated rings. The van der Waals surface area contributed by atoms with Gasteiger partial charge in [-0.25, -0.2) is 4.98 Å². The Hall–Kier alpha value is -2.79. The minimum atomic E-state index is -0.588. The summed E-state index contributed by atoms with van der Waals surface area (Å²) in [4.78, 5) is 30.3. The fraction of sp³-hybridized carbons (Fsp3) is 0.118. The van der Waals surface area contributed by atoms with E-state index in [0.29, 0.717) is 21.4 Å². The predicted octanol–water partition coefficient (Wildman–Crippen LogP) is 5.87. The van der Waals surface area contributed by atoms with Crippen molar-refractivity contribution in [1.82, 2.24) is 15.0 Å². The Labute approximate surface area is 196 Å². The zero-order valence-corrected chi connectivity index (χ0v) is 18.9. The zero-order valence-electron chi connectivity index (χ0n) is 15.9. The number of nitro groups is 2. The minimum absolute atomic E-state index is 0.0669. The second-order valence-electron chi connectivity index (χ2n) is 5.58. The van der Waals surface area contributed by atoms with Gasteiger partial charge in [0.15, 0.2) is 0 Å². The van der Waals surface area contributed by atoms with Crippen LogP contribution >= 0.6 is 46.4 Å². The van der Waals surface area contributed by atoms with Gasteiger partial charge in [-0.15, -0.1) is 0 Å². The van der Waals surface area contributed by atoms with E-state index in [0.717, 1.165) is 18.0 Å². The first-order valence-electron chi connectivity index (χ1n) is 8.02. The van der Waals surface area contributed by atoms with Crippen molar-refractivity contribution in [3.63, 3.8) is 0 Å². The summed E-state index contributed by atoms with van der Waals surface area (Å²) >= 11 is 22.1. The average molecular weight is 508 g/mol. The summed E-state index contributed by atoms with van der Waals surface area (Å²) < 4.78 is 0. The number of pyridine rings is 3. The average Bonchev–Trinajstić information content (AvgIpc) is 2.70. The highest BCUT2D eigenvalue weighted by Gasteiger charge is 2.09. The van der Waals surface area contributed by atoms with Crippen molar-refractivity contribution < 1.29 is 9.85 Å². The molecule has 0 radical (unpaired) electrons. The van der Waals surface area contributed by atoms with Crippen LogP contribution in [0.1, 0.15) is 11.4 Å². The van der Waals surface area contributed by atoms with Gasteiger partial charge in [0.25, 0.3) is 11.4 Å². The molecule has 0 amide bonds. The minimum Gasteiger partial charge on any atom is -0.397 e. The highest BCUT2D eigenvalue weighted by atomic mass is 35.5. The summed E-state index contributed by atoms with van der Waals surface area (Å²) in [5, 5.41) is 21.4. The largest absolute Gasteiger partial charge is 0.397 e. The van der Waals surface area contributed by atoms with Crippen molar-refractivity contribution in [3.8, 4) is 0 Å². The molecule has 3 aromatic rings. The van der Waals surface area contributed by atoms with Gasteiger partial charge >= 0.3 is 0 Å².